The molecule has 1 atom stereocenters. The van der Waals surface area contributed by atoms with Gasteiger partial charge in [0.2, 0.25) is 0 Å². The lowest BCUT2D eigenvalue weighted by Gasteiger charge is -2.19. The van der Waals surface area contributed by atoms with Crippen molar-refractivity contribution in [1.29, 1.82) is 0 Å². The normalized spacial score (nSPS) is 12.9. The Bertz CT molecular complexity index is 161. The van der Waals surface area contributed by atoms with Crippen LogP contribution in [0.1, 0.15) is 26.7 Å². The monoisotopic (exact) mass is 203 g/mol. The van der Waals surface area contributed by atoms with Gasteiger partial charge in [-0.1, -0.05) is 6.92 Å². The number of rotatable bonds is 7. The Balaban J connectivity index is 3.63. The fourth-order valence-electron chi connectivity index (χ4n) is 1.31. The zero-order valence-corrected chi connectivity index (χ0v) is 9.32. The summed E-state index contributed by atoms with van der Waals surface area (Å²) in [6, 6.07) is 0. The van der Waals surface area contributed by atoms with Gasteiger partial charge < -0.3 is 14.7 Å². The maximum atomic E-state index is 11.0. The lowest BCUT2D eigenvalue weighted by Crippen LogP contribution is -2.31. The second-order valence-corrected chi connectivity index (χ2v) is 3.43. The van der Waals surface area contributed by atoms with Crippen LogP contribution in [0.3, 0.4) is 0 Å². The highest BCUT2D eigenvalue weighted by atomic mass is 16.5. The Kier molecular flexibility index (Phi) is 7.42. The maximum absolute atomic E-state index is 11.0. The fraction of sp³-hybridized carbons (Fsp3) is 0.900. The molecule has 4 heteroatoms. The van der Waals surface area contributed by atoms with Gasteiger partial charge in [-0.2, -0.15) is 0 Å². The molecule has 0 radical (unpaired) electrons. The molecular weight excluding hydrogens is 182 g/mol. The first-order valence-corrected chi connectivity index (χ1v) is 5.12. The molecule has 14 heavy (non-hydrogen) atoms. The van der Waals surface area contributed by atoms with Crippen LogP contribution in [0, 0.1) is 0 Å². The molecular formula is C10H21NO3. The van der Waals surface area contributed by atoms with E-state index in [2.05, 4.69) is 6.92 Å². The topological polar surface area (TPSA) is 49.8 Å². The Morgan fingerprint density at radius 2 is 2.14 bits per heavy atom. The highest BCUT2D eigenvalue weighted by Crippen LogP contribution is 1.98. The van der Waals surface area contributed by atoms with Gasteiger partial charge in [-0.15, -0.1) is 0 Å². The van der Waals surface area contributed by atoms with Crippen molar-refractivity contribution < 1.29 is 14.6 Å². The van der Waals surface area contributed by atoms with Gasteiger partial charge in [-0.25, -0.2) is 0 Å². The van der Waals surface area contributed by atoms with E-state index in [1.54, 1.807) is 6.92 Å². The summed E-state index contributed by atoms with van der Waals surface area (Å²) in [6.07, 6.45) is 0.510. The van der Waals surface area contributed by atoms with Crippen molar-refractivity contribution in [3.63, 3.8) is 0 Å². The number of carbonyl (C=O) groups excluding carboxylic acids is 1. The molecule has 1 N–H and O–H groups in total. The van der Waals surface area contributed by atoms with Crippen LogP contribution in [0.2, 0.25) is 0 Å². The number of aliphatic hydroxyl groups excluding tert-OH is 1. The van der Waals surface area contributed by atoms with Crippen molar-refractivity contribution in [2.24, 2.45) is 0 Å². The summed E-state index contributed by atoms with van der Waals surface area (Å²) < 4.78 is 4.74. The Hall–Kier alpha value is -0.610. The Morgan fingerprint density at radius 1 is 1.50 bits per heavy atom. The molecule has 0 aliphatic rings. The average molecular weight is 203 g/mol. The summed E-state index contributed by atoms with van der Waals surface area (Å²) in [4.78, 5) is 13.0. The van der Waals surface area contributed by atoms with Gasteiger partial charge in [0.25, 0.3) is 0 Å². The lowest BCUT2D eigenvalue weighted by atomic mass is 10.2. The highest BCUT2D eigenvalue weighted by Gasteiger charge is 2.13. The number of hydrogen-bond donors (Lipinski definition) is 1. The van der Waals surface area contributed by atoms with Crippen LogP contribution in [0.15, 0.2) is 0 Å². The van der Waals surface area contributed by atoms with Crippen LogP contribution in [0.5, 0.6) is 0 Å². The zero-order valence-electron chi connectivity index (χ0n) is 9.32. The van der Waals surface area contributed by atoms with Gasteiger partial charge in [-0.05, 0) is 26.9 Å². The van der Waals surface area contributed by atoms with Crippen molar-refractivity contribution in [1.82, 2.24) is 4.90 Å². The molecule has 0 fully saturated rings. The van der Waals surface area contributed by atoms with E-state index in [1.807, 2.05) is 11.9 Å². The molecule has 0 rings (SSSR count). The summed E-state index contributed by atoms with van der Waals surface area (Å²) in [7, 11) is 1.93. The van der Waals surface area contributed by atoms with E-state index in [1.165, 1.54) is 0 Å². The molecule has 0 aromatic carbocycles. The largest absolute Gasteiger partial charge is 0.466 e. The Morgan fingerprint density at radius 3 is 2.64 bits per heavy atom. The second-order valence-electron chi connectivity index (χ2n) is 3.43. The number of esters is 1. The third-order valence-electron chi connectivity index (χ3n) is 1.84. The van der Waals surface area contributed by atoms with Crippen LogP contribution >= 0.6 is 0 Å². The molecule has 0 bridgehead atoms. The molecule has 0 heterocycles. The molecule has 0 aliphatic heterocycles. The maximum Gasteiger partial charge on any atom is 0.308 e. The van der Waals surface area contributed by atoms with Crippen LogP contribution in [0.4, 0.5) is 0 Å². The van der Waals surface area contributed by atoms with Crippen molar-refractivity contribution in [2.45, 2.75) is 32.8 Å². The van der Waals surface area contributed by atoms with E-state index < -0.39 is 6.10 Å². The van der Waals surface area contributed by atoms with E-state index in [-0.39, 0.29) is 12.4 Å². The molecule has 0 aromatic heterocycles. The zero-order chi connectivity index (χ0) is 11.0. The molecule has 0 saturated heterocycles. The lowest BCUT2D eigenvalue weighted by molar-refractivity contribution is -0.145. The second kappa shape index (κ2) is 7.76. The van der Waals surface area contributed by atoms with E-state index >= 15 is 0 Å². The Labute approximate surface area is 85.9 Å². The first-order valence-electron chi connectivity index (χ1n) is 5.12. The van der Waals surface area contributed by atoms with E-state index in [0.717, 1.165) is 13.0 Å². The predicted molar refractivity (Wildman–Crippen MR) is 55.0 cm³/mol. The summed E-state index contributed by atoms with van der Waals surface area (Å²) in [6.45, 7) is 5.66. The van der Waals surface area contributed by atoms with Gasteiger partial charge in [0, 0.05) is 6.54 Å². The quantitative estimate of drug-likeness (QED) is 0.617. The van der Waals surface area contributed by atoms with Crippen LogP contribution in [-0.4, -0.2) is 48.8 Å². The molecule has 0 spiro atoms. The number of carbonyl (C=O) groups is 1. The number of nitrogens with zero attached hydrogens (tertiary/aromatic N) is 1. The number of likely N-dealkylation sites (N-methyl/N-ethyl adjacent to an activating group) is 1. The van der Waals surface area contributed by atoms with Crippen molar-refractivity contribution in [2.75, 3.05) is 26.7 Å². The van der Waals surface area contributed by atoms with Gasteiger partial charge in [0.05, 0.1) is 19.1 Å². The smallest absolute Gasteiger partial charge is 0.308 e. The van der Waals surface area contributed by atoms with Crippen LogP contribution < -0.4 is 0 Å². The summed E-state index contributed by atoms with van der Waals surface area (Å²) in [5, 5.41) is 9.50. The average Bonchev–Trinajstić information content (AvgIpc) is 2.03. The van der Waals surface area contributed by atoms with Crippen molar-refractivity contribution in [3.05, 3.63) is 0 Å². The molecule has 0 aromatic rings. The minimum Gasteiger partial charge on any atom is -0.466 e. The molecule has 0 saturated carbocycles. The predicted octanol–water partition coefficient (Wildman–Crippen LogP) is 0.642. The van der Waals surface area contributed by atoms with Crippen LogP contribution in [-0.2, 0) is 9.53 Å². The first kappa shape index (κ1) is 13.4. The number of aliphatic hydroxyl groups is 1. The van der Waals surface area contributed by atoms with Gasteiger partial charge in [0.1, 0.15) is 0 Å². The first-order chi connectivity index (χ1) is 6.60. The van der Waals surface area contributed by atoms with Crippen molar-refractivity contribution in [3.8, 4) is 0 Å². The minimum atomic E-state index is -0.620. The van der Waals surface area contributed by atoms with Gasteiger partial charge >= 0.3 is 5.97 Å². The molecule has 4 nitrogen and oxygen atoms in total. The van der Waals surface area contributed by atoms with Crippen LogP contribution in [0.25, 0.3) is 0 Å². The van der Waals surface area contributed by atoms with Crippen molar-refractivity contribution >= 4 is 5.97 Å². The minimum absolute atomic E-state index is 0.0852. The van der Waals surface area contributed by atoms with E-state index in [9.17, 15) is 9.90 Å². The van der Waals surface area contributed by atoms with E-state index in [0.29, 0.717) is 13.2 Å². The summed E-state index contributed by atoms with van der Waals surface area (Å²) in [5.74, 6) is -0.329. The summed E-state index contributed by atoms with van der Waals surface area (Å²) in [5.41, 5.74) is 0. The van der Waals surface area contributed by atoms with Gasteiger partial charge in [0.15, 0.2) is 0 Å². The fourth-order valence-corrected chi connectivity index (χ4v) is 1.31. The summed E-state index contributed by atoms with van der Waals surface area (Å²) >= 11 is 0. The molecule has 84 valence electrons. The number of hydrogen-bond acceptors (Lipinski definition) is 4. The molecule has 0 amide bonds. The number of ether oxygens (including phenoxy) is 1. The molecule has 1 unspecified atom stereocenters. The molecule has 0 aliphatic carbocycles. The third-order valence-corrected chi connectivity index (χ3v) is 1.84. The van der Waals surface area contributed by atoms with Gasteiger partial charge in [-0.3, -0.25) is 4.79 Å². The van der Waals surface area contributed by atoms with E-state index in [4.69, 9.17) is 4.74 Å². The highest BCUT2D eigenvalue weighted by molar-refractivity contribution is 5.69. The third kappa shape index (κ3) is 6.86. The standard InChI is InChI=1S/C10H21NO3/c1-4-6-11(3)8-9(12)7-10(13)14-5-2/h9,12H,4-8H2,1-3H3. The SMILES string of the molecule is CCCN(C)CC(O)CC(=O)OCC.